The van der Waals surface area contributed by atoms with Crippen LogP contribution in [0.15, 0.2) is 23.3 Å². The van der Waals surface area contributed by atoms with Gasteiger partial charge < -0.3 is 19.6 Å². The third-order valence-electron chi connectivity index (χ3n) is 1.66. The highest BCUT2D eigenvalue weighted by molar-refractivity contribution is 7.60. The summed E-state index contributed by atoms with van der Waals surface area (Å²) in [6.07, 6.45) is 6.68. The monoisotopic (exact) mass is 330 g/mol. The van der Waals surface area contributed by atoms with Crippen LogP contribution in [0.1, 0.15) is 33.6 Å². The Morgan fingerprint density at radius 1 is 1.05 bits per heavy atom. The fraction of sp³-hybridized carbons (Fsp3) is 0.500. The van der Waals surface area contributed by atoms with Gasteiger partial charge in [0.2, 0.25) is 0 Å². The van der Waals surface area contributed by atoms with E-state index in [9.17, 15) is 13.9 Å². The van der Waals surface area contributed by atoms with Crippen LogP contribution in [0.5, 0.6) is 0 Å². The molecule has 0 aromatic carbocycles. The Morgan fingerprint density at radius 3 is 1.75 bits per heavy atom. The highest BCUT2D eigenvalue weighted by Gasteiger charge is 2.27. The van der Waals surface area contributed by atoms with Gasteiger partial charge in [0.05, 0.1) is 0 Å². The molecule has 0 heterocycles. The summed E-state index contributed by atoms with van der Waals surface area (Å²) in [5, 5.41) is 0. The van der Waals surface area contributed by atoms with Gasteiger partial charge in [-0.15, -0.1) is 0 Å². The van der Waals surface area contributed by atoms with Gasteiger partial charge in [-0.05, 0) is 39.7 Å². The molecule has 0 aromatic rings. The maximum absolute atomic E-state index is 10.0. The van der Waals surface area contributed by atoms with Gasteiger partial charge in [-0.3, -0.25) is 4.79 Å². The van der Waals surface area contributed by atoms with Crippen molar-refractivity contribution in [2.24, 2.45) is 0 Å². The van der Waals surface area contributed by atoms with Gasteiger partial charge in [0.15, 0.2) is 0 Å². The van der Waals surface area contributed by atoms with Crippen molar-refractivity contribution >= 4 is 21.9 Å². The summed E-state index contributed by atoms with van der Waals surface area (Å²) in [6.45, 7) is 6.14. The molecule has 0 aromatic heterocycles. The molecule has 0 amide bonds. The van der Waals surface area contributed by atoms with E-state index in [1.807, 2.05) is 6.92 Å². The van der Waals surface area contributed by atoms with E-state index < -0.39 is 15.6 Å². The van der Waals surface area contributed by atoms with Crippen molar-refractivity contribution < 1.29 is 37.8 Å². The van der Waals surface area contributed by atoms with Gasteiger partial charge in [0, 0.05) is 0 Å². The highest BCUT2D eigenvalue weighted by Crippen LogP contribution is 2.53. The Labute approximate surface area is 117 Å². The molecule has 0 aliphatic carbocycles. The topological polar surface area (TPSA) is 141 Å². The van der Waals surface area contributed by atoms with Crippen LogP contribution in [-0.4, -0.2) is 25.9 Å². The number of aldehydes is 1. The van der Waals surface area contributed by atoms with Crippen LogP contribution in [0.2, 0.25) is 0 Å². The number of carbonyl (C=O) groups excluding carboxylic acids is 1. The lowest BCUT2D eigenvalue weighted by molar-refractivity contribution is -0.104. The van der Waals surface area contributed by atoms with Gasteiger partial charge in [0.1, 0.15) is 6.29 Å². The number of hydrogen-bond acceptors (Lipinski definition) is 4. The number of allylic oxidation sites excluding steroid dienone is 4. The van der Waals surface area contributed by atoms with E-state index in [0.717, 1.165) is 24.7 Å². The normalized spacial score (nSPS) is 12.2. The zero-order valence-corrected chi connectivity index (χ0v) is 13.3. The van der Waals surface area contributed by atoms with Crippen LogP contribution in [0.3, 0.4) is 0 Å². The van der Waals surface area contributed by atoms with Gasteiger partial charge in [-0.2, -0.15) is 4.31 Å². The first-order valence-electron chi connectivity index (χ1n) is 5.44. The molecule has 0 aliphatic heterocycles. The van der Waals surface area contributed by atoms with Gasteiger partial charge in [-0.1, -0.05) is 17.2 Å². The SMILES string of the molecule is CC(C)=CCC/C(C)=C/C=O.O=P(O)(O)OP(=O)(O)O. The zero-order chi connectivity index (χ0) is 16.4. The molecule has 0 atom stereocenters. The summed E-state index contributed by atoms with van der Waals surface area (Å²) in [6, 6.07) is 0. The third-order valence-corrected chi connectivity index (χ3v) is 3.36. The first-order chi connectivity index (χ1) is 8.87. The van der Waals surface area contributed by atoms with Crippen LogP contribution >= 0.6 is 15.6 Å². The Balaban J connectivity index is 0. The van der Waals surface area contributed by atoms with E-state index >= 15 is 0 Å². The molecule has 0 aliphatic rings. The van der Waals surface area contributed by atoms with Crippen molar-refractivity contribution in [2.45, 2.75) is 33.6 Å². The lowest BCUT2D eigenvalue weighted by atomic mass is 10.1. The molecule has 0 spiro atoms. The summed E-state index contributed by atoms with van der Waals surface area (Å²) in [5.41, 5.74) is 2.49. The molecule has 118 valence electrons. The number of hydrogen-bond donors (Lipinski definition) is 4. The first-order valence-corrected chi connectivity index (χ1v) is 8.50. The van der Waals surface area contributed by atoms with Crippen molar-refractivity contribution in [3.63, 3.8) is 0 Å². The fourth-order valence-electron chi connectivity index (χ4n) is 0.927. The number of phosphoric acid groups is 2. The highest BCUT2D eigenvalue weighted by atomic mass is 31.3. The molecule has 0 rings (SSSR count). The third kappa shape index (κ3) is 22.6. The minimum atomic E-state index is -5.05. The lowest BCUT2D eigenvalue weighted by Crippen LogP contribution is -1.84. The molecule has 4 N–H and O–H groups in total. The predicted octanol–water partition coefficient (Wildman–Crippen LogP) is 2.07. The molecule has 8 nitrogen and oxygen atoms in total. The van der Waals surface area contributed by atoms with E-state index in [1.165, 1.54) is 5.57 Å². The maximum Gasteiger partial charge on any atom is 0.478 e. The van der Waals surface area contributed by atoms with Gasteiger partial charge >= 0.3 is 15.6 Å². The second kappa shape index (κ2) is 10.2. The molecule has 0 saturated carbocycles. The molecule has 0 saturated heterocycles. The second-order valence-electron chi connectivity index (χ2n) is 4.03. The predicted molar refractivity (Wildman–Crippen MR) is 73.7 cm³/mol. The smallest absolute Gasteiger partial charge is 0.302 e. The summed E-state index contributed by atoms with van der Waals surface area (Å²) >= 11 is 0. The Kier molecular flexibility index (Phi) is 11.0. The van der Waals surface area contributed by atoms with Crippen molar-refractivity contribution in [3.05, 3.63) is 23.3 Å². The molecular formula is C10H20O8P2. The average molecular weight is 330 g/mol. The summed E-state index contributed by atoms with van der Waals surface area (Å²) < 4.78 is 22.2. The maximum atomic E-state index is 10.0. The van der Waals surface area contributed by atoms with Crippen LogP contribution < -0.4 is 0 Å². The van der Waals surface area contributed by atoms with E-state index in [2.05, 4.69) is 24.2 Å². The van der Waals surface area contributed by atoms with E-state index in [-0.39, 0.29) is 0 Å². The van der Waals surface area contributed by atoms with Crippen molar-refractivity contribution in [1.82, 2.24) is 0 Å². The van der Waals surface area contributed by atoms with Crippen LogP contribution in [0.25, 0.3) is 0 Å². The Hall–Kier alpha value is -0.590. The molecular weight excluding hydrogens is 310 g/mol. The molecule has 0 unspecified atom stereocenters. The van der Waals surface area contributed by atoms with Gasteiger partial charge in [-0.25, -0.2) is 9.13 Å². The van der Waals surface area contributed by atoms with Crippen LogP contribution in [0, 0.1) is 0 Å². The number of rotatable bonds is 6. The Bertz CT molecular complexity index is 418. The quantitative estimate of drug-likeness (QED) is 0.251. The minimum Gasteiger partial charge on any atom is -0.302 e. The summed E-state index contributed by atoms with van der Waals surface area (Å²) in [4.78, 5) is 41.0. The molecule has 0 bridgehead atoms. The largest absolute Gasteiger partial charge is 0.478 e. The van der Waals surface area contributed by atoms with E-state index in [1.54, 1.807) is 6.08 Å². The molecule has 0 fully saturated rings. The lowest BCUT2D eigenvalue weighted by Gasteiger charge is -2.03. The van der Waals surface area contributed by atoms with E-state index in [4.69, 9.17) is 19.6 Å². The van der Waals surface area contributed by atoms with Crippen LogP contribution in [0.4, 0.5) is 0 Å². The van der Waals surface area contributed by atoms with Crippen LogP contribution in [-0.2, 0) is 18.2 Å². The summed E-state index contributed by atoms with van der Waals surface area (Å²) in [5.74, 6) is 0. The first kappa shape index (κ1) is 21.7. The fourth-order valence-corrected chi connectivity index (χ4v) is 2.04. The van der Waals surface area contributed by atoms with Crippen molar-refractivity contribution in [1.29, 1.82) is 0 Å². The zero-order valence-electron chi connectivity index (χ0n) is 11.5. The average Bonchev–Trinajstić information content (AvgIpc) is 2.11. The molecule has 0 radical (unpaired) electrons. The number of carbonyl (C=O) groups is 1. The second-order valence-corrected chi connectivity index (χ2v) is 6.65. The minimum absolute atomic E-state index is 0.845. The molecule has 10 heteroatoms. The van der Waals surface area contributed by atoms with Gasteiger partial charge in [0.25, 0.3) is 0 Å². The standard InChI is InChI=1S/C10H16O.H4O7P2/c1-9(2)5-4-6-10(3)7-8-11;1-8(2,3)7-9(4,5)6/h5,7-8H,4,6H2,1-3H3;(H2,1,2,3)(H2,4,5,6)/b10-7+;. The molecule has 20 heavy (non-hydrogen) atoms. The summed E-state index contributed by atoms with van der Waals surface area (Å²) in [7, 11) is -10.1. The Morgan fingerprint density at radius 2 is 1.50 bits per heavy atom. The van der Waals surface area contributed by atoms with Crippen molar-refractivity contribution in [2.75, 3.05) is 0 Å². The van der Waals surface area contributed by atoms with Crippen molar-refractivity contribution in [3.8, 4) is 0 Å². The van der Waals surface area contributed by atoms with E-state index in [0.29, 0.717) is 0 Å².